The van der Waals surface area contributed by atoms with Crippen molar-refractivity contribution in [2.45, 2.75) is 18.9 Å². The first-order valence-electron chi connectivity index (χ1n) is 7.00. The molecule has 1 saturated heterocycles. The molecule has 1 aromatic carbocycles. The van der Waals surface area contributed by atoms with Gasteiger partial charge in [-0.05, 0) is 24.6 Å². The molecule has 22 heavy (non-hydrogen) atoms. The molecule has 7 heteroatoms. The summed E-state index contributed by atoms with van der Waals surface area (Å²) in [6.07, 6.45) is 2.45. The molecule has 1 fully saturated rings. The summed E-state index contributed by atoms with van der Waals surface area (Å²) < 4.78 is 18.2. The fourth-order valence-corrected chi connectivity index (χ4v) is 2.68. The molecular weight excluding hydrogens is 309 g/mol. The van der Waals surface area contributed by atoms with Crippen LogP contribution in [0.3, 0.4) is 0 Å². The van der Waals surface area contributed by atoms with Gasteiger partial charge in [0, 0.05) is 30.9 Å². The number of aromatic nitrogens is 1. The Kier molecular flexibility index (Phi) is 4.29. The average Bonchev–Trinajstić information content (AvgIpc) is 3.13. The zero-order valence-electron chi connectivity index (χ0n) is 11.8. The topological polar surface area (TPSA) is 58.4 Å². The van der Waals surface area contributed by atoms with E-state index in [0.29, 0.717) is 12.2 Å². The second-order valence-electron chi connectivity index (χ2n) is 5.27. The van der Waals surface area contributed by atoms with Gasteiger partial charge in [-0.15, -0.1) is 0 Å². The summed E-state index contributed by atoms with van der Waals surface area (Å²) >= 11 is 5.69. The van der Waals surface area contributed by atoms with Crippen LogP contribution in [0.1, 0.15) is 12.1 Å². The molecule has 0 bridgehead atoms. The van der Waals surface area contributed by atoms with E-state index in [1.807, 2.05) is 4.90 Å². The molecule has 1 aliphatic heterocycles. The predicted octanol–water partition coefficient (Wildman–Crippen LogP) is 2.40. The van der Waals surface area contributed by atoms with Crippen LogP contribution < -0.4 is 10.2 Å². The molecule has 1 amide bonds. The highest BCUT2D eigenvalue weighted by atomic mass is 35.5. The van der Waals surface area contributed by atoms with Crippen molar-refractivity contribution in [2.75, 3.05) is 18.0 Å². The second kappa shape index (κ2) is 6.36. The molecule has 0 aliphatic carbocycles. The van der Waals surface area contributed by atoms with Crippen LogP contribution in [0, 0.1) is 5.82 Å². The van der Waals surface area contributed by atoms with Gasteiger partial charge in [-0.3, -0.25) is 4.79 Å². The lowest BCUT2D eigenvalue weighted by Crippen LogP contribution is -2.38. The van der Waals surface area contributed by atoms with Crippen molar-refractivity contribution < 1.29 is 13.7 Å². The van der Waals surface area contributed by atoms with E-state index in [2.05, 4.69) is 10.5 Å². The van der Waals surface area contributed by atoms with Crippen LogP contribution in [-0.4, -0.2) is 30.2 Å². The predicted molar refractivity (Wildman–Crippen MR) is 80.4 cm³/mol. The van der Waals surface area contributed by atoms with Gasteiger partial charge in [0.05, 0.1) is 17.1 Å². The number of benzene rings is 1. The van der Waals surface area contributed by atoms with E-state index in [0.717, 1.165) is 18.7 Å². The van der Waals surface area contributed by atoms with Crippen molar-refractivity contribution in [3.05, 3.63) is 47.1 Å². The lowest BCUT2D eigenvalue weighted by atomic mass is 10.2. The summed E-state index contributed by atoms with van der Waals surface area (Å²) in [5.74, 6) is -0.527. The summed E-state index contributed by atoms with van der Waals surface area (Å²) in [6.45, 7) is 1.40. The Morgan fingerprint density at radius 1 is 1.50 bits per heavy atom. The van der Waals surface area contributed by atoms with Crippen LogP contribution >= 0.6 is 11.6 Å². The molecule has 0 unspecified atom stereocenters. The van der Waals surface area contributed by atoms with E-state index >= 15 is 0 Å². The maximum Gasteiger partial charge on any atom is 0.226 e. The van der Waals surface area contributed by atoms with E-state index in [-0.39, 0.29) is 23.4 Å². The highest BCUT2D eigenvalue weighted by Gasteiger charge is 2.24. The molecule has 0 spiro atoms. The second-order valence-corrected chi connectivity index (χ2v) is 5.67. The van der Waals surface area contributed by atoms with Crippen molar-refractivity contribution in [1.82, 2.24) is 10.5 Å². The summed E-state index contributed by atoms with van der Waals surface area (Å²) in [6, 6.07) is 6.45. The first kappa shape index (κ1) is 14.8. The molecular formula is C15H15ClFN3O2. The third-order valence-electron chi connectivity index (χ3n) is 3.65. The van der Waals surface area contributed by atoms with Gasteiger partial charge in [-0.1, -0.05) is 16.8 Å². The van der Waals surface area contributed by atoms with E-state index in [9.17, 15) is 9.18 Å². The third kappa shape index (κ3) is 3.39. The molecule has 1 aliphatic rings. The van der Waals surface area contributed by atoms with Crippen molar-refractivity contribution in [2.24, 2.45) is 0 Å². The summed E-state index contributed by atoms with van der Waals surface area (Å²) in [5.41, 5.74) is 1.38. The van der Waals surface area contributed by atoms with Crippen LogP contribution in [0.25, 0.3) is 0 Å². The Balaban J connectivity index is 1.55. The van der Waals surface area contributed by atoms with E-state index < -0.39 is 5.82 Å². The van der Waals surface area contributed by atoms with Crippen molar-refractivity contribution in [1.29, 1.82) is 0 Å². The van der Waals surface area contributed by atoms with Crippen molar-refractivity contribution in [3.63, 3.8) is 0 Å². The number of nitrogens with one attached hydrogen (secondary N) is 1. The maximum atomic E-state index is 13.5. The summed E-state index contributed by atoms with van der Waals surface area (Å²) in [7, 11) is 0. The largest absolute Gasteiger partial charge is 0.369 e. The Labute approximate surface area is 132 Å². The molecule has 0 radical (unpaired) electrons. The average molecular weight is 324 g/mol. The molecule has 1 aromatic heterocycles. The first-order chi connectivity index (χ1) is 10.6. The minimum atomic E-state index is -0.433. The number of carbonyl (C=O) groups excluding carboxylic acids is 1. The minimum absolute atomic E-state index is 0.0399. The maximum absolute atomic E-state index is 13.5. The molecule has 5 nitrogen and oxygen atoms in total. The molecule has 1 atom stereocenters. The van der Waals surface area contributed by atoms with Gasteiger partial charge >= 0.3 is 0 Å². The number of rotatable bonds is 4. The van der Waals surface area contributed by atoms with Crippen LogP contribution in [-0.2, 0) is 11.2 Å². The van der Waals surface area contributed by atoms with Crippen molar-refractivity contribution >= 4 is 23.2 Å². The smallest absolute Gasteiger partial charge is 0.226 e. The van der Waals surface area contributed by atoms with Crippen LogP contribution in [0.15, 0.2) is 35.1 Å². The molecule has 116 valence electrons. The molecule has 0 saturated carbocycles. The van der Waals surface area contributed by atoms with E-state index in [1.54, 1.807) is 18.2 Å². The molecule has 2 heterocycles. The molecule has 1 N–H and O–H groups in total. The normalized spacial score (nSPS) is 17.7. The Morgan fingerprint density at radius 3 is 3.09 bits per heavy atom. The van der Waals surface area contributed by atoms with E-state index in [4.69, 9.17) is 16.1 Å². The third-order valence-corrected chi connectivity index (χ3v) is 3.96. The van der Waals surface area contributed by atoms with Gasteiger partial charge < -0.3 is 14.7 Å². The van der Waals surface area contributed by atoms with Gasteiger partial charge in [0.1, 0.15) is 12.1 Å². The molecule has 3 rings (SSSR count). The molecule has 2 aromatic rings. The SMILES string of the molecule is O=C(Cc1ccon1)N[C@@H]1CCN(c2ccc(Cl)c(F)c2)C1. The van der Waals surface area contributed by atoms with Crippen LogP contribution in [0.2, 0.25) is 5.02 Å². The first-order valence-corrected chi connectivity index (χ1v) is 7.38. The Morgan fingerprint density at radius 2 is 2.36 bits per heavy atom. The fraction of sp³-hybridized carbons (Fsp3) is 0.333. The number of hydrogen-bond donors (Lipinski definition) is 1. The number of anilines is 1. The zero-order chi connectivity index (χ0) is 15.5. The number of amides is 1. The number of carbonyl (C=O) groups is 1. The van der Waals surface area contributed by atoms with Gasteiger partial charge in [-0.25, -0.2) is 4.39 Å². The number of nitrogens with zero attached hydrogens (tertiary/aromatic N) is 2. The highest BCUT2D eigenvalue weighted by Crippen LogP contribution is 2.25. The van der Waals surface area contributed by atoms with Gasteiger partial charge in [0.25, 0.3) is 0 Å². The summed E-state index contributed by atoms with van der Waals surface area (Å²) in [5, 5.41) is 6.78. The highest BCUT2D eigenvalue weighted by molar-refractivity contribution is 6.30. The van der Waals surface area contributed by atoms with Crippen LogP contribution in [0.4, 0.5) is 10.1 Å². The summed E-state index contributed by atoms with van der Waals surface area (Å²) in [4.78, 5) is 13.9. The zero-order valence-corrected chi connectivity index (χ0v) is 12.5. The van der Waals surface area contributed by atoms with Gasteiger partial charge in [0.15, 0.2) is 0 Å². The number of halogens is 2. The standard InChI is InChI=1S/C15H15ClFN3O2/c16-13-2-1-12(8-14(13)17)20-5-3-11(9-20)18-15(21)7-10-4-6-22-19-10/h1-2,4,6,8,11H,3,5,7,9H2,(H,18,21)/t11-/m1/s1. The quantitative estimate of drug-likeness (QED) is 0.938. The van der Waals surface area contributed by atoms with Crippen molar-refractivity contribution in [3.8, 4) is 0 Å². The van der Waals surface area contributed by atoms with Gasteiger partial charge in [-0.2, -0.15) is 0 Å². The fourth-order valence-electron chi connectivity index (χ4n) is 2.57. The monoisotopic (exact) mass is 323 g/mol. The lowest BCUT2D eigenvalue weighted by Gasteiger charge is -2.19. The van der Waals surface area contributed by atoms with E-state index in [1.165, 1.54) is 12.3 Å². The number of hydrogen-bond acceptors (Lipinski definition) is 4. The van der Waals surface area contributed by atoms with Crippen LogP contribution in [0.5, 0.6) is 0 Å². The Bertz CT molecular complexity index is 663. The Hall–Kier alpha value is -2.08. The minimum Gasteiger partial charge on any atom is -0.369 e. The lowest BCUT2D eigenvalue weighted by molar-refractivity contribution is -0.121. The van der Waals surface area contributed by atoms with Gasteiger partial charge in [0.2, 0.25) is 5.91 Å².